The van der Waals surface area contributed by atoms with E-state index in [-0.39, 0.29) is 6.61 Å². The molecule has 6 nitrogen and oxygen atoms in total. The van der Waals surface area contributed by atoms with Gasteiger partial charge < -0.3 is 10.2 Å². The third kappa shape index (κ3) is 3.56. The summed E-state index contributed by atoms with van der Waals surface area (Å²) in [6.07, 6.45) is 4.86. The predicted octanol–water partition coefficient (Wildman–Crippen LogP) is 1.18. The zero-order valence-corrected chi connectivity index (χ0v) is 13.0. The van der Waals surface area contributed by atoms with Gasteiger partial charge in [0.15, 0.2) is 5.65 Å². The molecule has 3 rings (SSSR count). The molecule has 120 valence electrons. The Morgan fingerprint density at radius 1 is 1.22 bits per heavy atom. The van der Waals surface area contributed by atoms with E-state index < -0.39 is 6.10 Å². The highest BCUT2D eigenvalue weighted by Gasteiger charge is 2.11. The van der Waals surface area contributed by atoms with Crippen LogP contribution in [0.15, 0.2) is 48.9 Å². The molecule has 1 aromatic carbocycles. The van der Waals surface area contributed by atoms with Crippen LogP contribution < -0.4 is 0 Å². The molecule has 1 atom stereocenters. The van der Waals surface area contributed by atoms with Crippen LogP contribution in [0.25, 0.3) is 16.8 Å². The molecule has 0 spiro atoms. The zero-order chi connectivity index (χ0) is 16.2. The summed E-state index contributed by atoms with van der Waals surface area (Å²) < 4.78 is 1.77. The molecular formula is C17H20N4O2. The molecule has 3 aromatic rings. The van der Waals surface area contributed by atoms with Gasteiger partial charge in [-0.25, -0.2) is 9.50 Å². The fraction of sp³-hybridized carbons (Fsp3) is 0.294. The van der Waals surface area contributed by atoms with Gasteiger partial charge in [0.05, 0.1) is 18.9 Å². The van der Waals surface area contributed by atoms with Crippen molar-refractivity contribution in [2.24, 2.45) is 0 Å². The van der Waals surface area contributed by atoms with Crippen LogP contribution in [-0.4, -0.2) is 56.0 Å². The van der Waals surface area contributed by atoms with Crippen LogP contribution in [0.5, 0.6) is 0 Å². The van der Waals surface area contributed by atoms with Crippen LogP contribution in [0.3, 0.4) is 0 Å². The van der Waals surface area contributed by atoms with Gasteiger partial charge in [0.2, 0.25) is 0 Å². The lowest BCUT2D eigenvalue weighted by molar-refractivity contribution is 0.0647. The summed E-state index contributed by atoms with van der Waals surface area (Å²) in [5.41, 5.74) is 3.90. The average molecular weight is 312 g/mol. The number of aliphatic hydroxyl groups is 2. The van der Waals surface area contributed by atoms with E-state index in [1.165, 1.54) is 0 Å². The molecule has 0 fully saturated rings. The van der Waals surface area contributed by atoms with Crippen molar-refractivity contribution >= 4 is 5.65 Å². The van der Waals surface area contributed by atoms with Gasteiger partial charge in [0.1, 0.15) is 0 Å². The van der Waals surface area contributed by atoms with E-state index in [2.05, 4.69) is 10.1 Å². The van der Waals surface area contributed by atoms with Crippen LogP contribution in [0, 0.1) is 0 Å². The summed E-state index contributed by atoms with van der Waals surface area (Å²) in [7, 11) is 1.89. The molecule has 0 aliphatic carbocycles. The number of aromatic nitrogens is 3. The number of rotatable bonds is 6. The monoisotopic (exact) mass is 312 g/mol. The Morgan fingerprint density at radius 3 is 2.74 bits per heavy atom. The maximum atomic E-state index is 9.48. The van der Waals surface area contributed by atoms with Crippen molar-refractivity contribution in [2.45, 2.75) is 12.6 Å². The Bertz CT molecular complexity index is 773. The maximum absolute atomic E-state index is 9.48. The molecule has 0 aliphatic rings. The molecule has 0 radical (unpaired) electrons. The molecule has 2 aromatic heterocycles. The van der Waals surface area contributed by atoms with Gasteiger partial charge in [-0.3, -0.25) is 4.90 Å². The normalized spacial score (nSPS) is 12.9. The van der Waals surface area contributed by atoms with Crippen molar-refractivity contribution in [1.82, 2.24) is 19.5 Å². The van der Waals surface area contributed by atoms with Crippen LogP contribution in [-0.2, 0) is 6.54 Å². The summed E-state index contributed by atoms with van der Waals surface area (Å²) in [6, 6.07) is 10.0. The lowest BCUT2D eigenvalue weighted by Gasteiger charge is -2.19. The number of nitrogens with zero attached hydrogens (tertiary/aromatic N) is 4. The first kappa shape index (κ1) is 15.6. The van der Waals surface area contributed by atoms with Crippen molar-refractivity contribution in [2.75, 3.05) is 20.2 Å². The van der Waals surface area contributed by atoms with E-state index in [0.717, 1.165) is 22.3 Å². The summed E-state index contributed by atoms with van der Waals surface area (Å²) in [5, 5.41) is 22.8. The Hall–Kier alpha value is -2.28. The minimum Gasteiger partial charge on any atom is -0.394 e. The molecule has 0 bridgehead atoms. The average Bonchev–Trinajstić information content (AvgIpc) is 2.98. The van der Waals surface area contributed by atoms with Gasteiger partial charge in [-0.05, 0) is 12.6 Å². The SMILES string of the molecule is CN(Cc1cnc2c(-c3ccccc3)cnn2c1)C[C@H](O)CO. The van der Waals surface area contributed by atoms with Gasteiger partial charge in [-0.1, -0.05) is 30.3 Å². The lowest BCUT2D eigenvalue weighted by Crippen LogP contribution is -2.31. The molecule has 0 aliphatic heterocycles. The first-order valence-electron chi connectivity index (χ1n) is 7.52. The second-order valence-corrected chi connectivity index (χ2v) is 5.69. The van der Waals surface area contributed by atoms with Crippen molar-refractivity contribution < 1.29 is 10.2 Å². The third-order valence-electron chi connectivity index (χ3n) is 3.68. The van der Waals surface area contributed by atoms with Crippen LogP contribution >= 0.6 is 0 Å². The molecule has 2 N–H and O–H groups in total. The van der Waals surface area contributed by atoms with Crippen molar-refractivity contribution in [3.8, 4) is 11.1 Å². The number of benzene rings is 1. The van der Waals surface area contributed by atoms with E-state index in [9.17, 15) is 5.11 Å². The molecule has 0 amide bonds. The standard InChI is InChI=1S/C17H20N4O2/c1-20(11-15(23)12-22)9-13-7-18-17-16(8-19-21(17)10-13)14-5-3-2-4-6-14/h2-8,10,15,22-23H,9,11-12H2,1H3/t15-/m0/s1. The van der Waals surface area contributed by atoms with E-state index in [0.29, 0.717) is 13.1 Å². The van der Waals surface area contributed by atoms with E-state index >= 15 is 0 Å². The van der Waals surface area contributed by atoms with Gasteiger partial charge >= 0.3 is 0 Å². The number of hydrogen-bond donors (Lipinski definition) is 2. The second-order valence-electron chi connectivity index (χ2n) is 5.69. The molecule has 0 saturated carbocycles. The third-order valence-corrected chi connectivity index (χ3v) is 3.68. The van der Waals surface area contributed by atoms with E-state index in [1.807, 2.05) is 60.9 Å². The van der Waals surface area contributed by atoms with Crippen molar-refractivity contribution in [3.63, 3.8) is 0 Å². The molecule has 0 saturated heterocycles. The van der Waals surface area contributed by atoms with Crippen LogP contribution in [0.1, 0.15) is 5.56 Å². The highest BCUT2D eigenvalue weighted by Crippen LogP contribution is 2.22. The maximum Gasteiger partial charge on any atom is 0.162 e. The largest absolute Gasteiger partial charge is 0.394 e. The second kappa shape index (κ2) is 6.87. The molecular weight excluding hydrogens is 292 g/mol. The minimum atomic E-state index is -0.730. The quantitative estimate of drug-likeness (QED) is 0.715. The van der Waals surface area contributed by atoms with Gasteiger partial charge in [-0.2, -0.15) is 5.10 Å². The fourth-order valence-corrected chi connectivity index (χ4v) is 2.61. The van der Waals surface area contributed by atoms with Gasteiger partial charge in [-0.15, -0.1) is 0 Å². The molecule has 23 heavy (non-hydrogen) atoms. The Kier molecular flexibility index (Phi) is 4.66. The minimum absolute atomic E-state index is 0.235. The summed E-state index contributed by atoms with van der Waals surface area (Å²) in [6.45, 7) is 0.796. The van der Waals surface area contributed by atoms with E-state index in [1.54, 1.807) is 4.52 Å². The first-order valence-corrected chi connectivity index (χ1v) is 7.52. The van der Waals surface area contributed by atoms with Crippen LogP contribution in [0.2, 0.25) is 0 Å². The van der Waals surface area contributed by atoms with Crippen molar-refractivity contribution in [3.05, 3.63) is 54.5 Å². The van der Waals surface area contributed by atoms with Gasteiger partial charge in [0.25, 0.3) is 0 Å². The fourth-order valence-electron chi connectivity index (χ4n) is 2.61. The number of hydrogen-bond acceptors (Lipinski definition) is 5. The number of likely N-dealkylation sites (N-methyl/N-ethyl adjacent to an activating group) is 1. The Balaban J connectivity index is 1.81. The number of aliphatic hydroxyl groups excluding tert-OH is 2. The molecule has 2 heterocycles. The Labute approximate surface area is 134 Å². The lowest BCUT2D eigenvalue weighted by atomic mass is 10.1. The summed E-state index contributed by atoms with van der Waals surface area (Å²) in [4.78, 5) is 6.47. The highest BCUT2D eigenvalue weighted by molar-refractivity contribution is 5.76. The summed E-state index contributed by atoms with van der Waals surface area (Å²) >= 11 is 0. The van der Waals surface area contributed by atoms with E-state index in [4.69, 9.17) is 5.11 Å². The molecule has 6 heteroatoms. The van der Waals surface area contributed by atoms with Crippen molar-refractivity contribution in [1.29, 1.82) is 0 Å². The van der Waals surface area contributed by atoms with Crippen LogP contribution in [0.4, 0.5) is 0 Å². The number of fused-ring (bicyclic) bond motifs is 1. The highest BCUT2D eigenvalue weighted by atomic mass is 16.3. The molecule has 0 unspecified atom stereocenters. The predicted molar refractivity (Wildman–Crippen MR) is 87.8 cm³/mol. The smallest absolute Gasteiger partial charge is 0.162 e. The zero-order valence-electron chi connectivity index (χ0n) is 13.0. The first-order chi connectivity index (χ1) is 11.2. The topological polar surface area (TPSA) is 73.9 Å². The van der Waals surface area contributed by atoms with Gasteiger partial charge in [0, 0.05) is 36.6 Å². The summed E-state index contributed by atoms with van der Waals surface area (Å²) in [5.74, 6) is 0. The Morgan fingerprint density at radius 2 is 2.00 bits per heavy atom.